The van der Waals surface area contributed by atoms with E-state index in [9.17, 15) is 39.3 Å². The summed E-state index contributed by atoms with van der Waals surface area (Å²) in [6.07, 6.45) is -0.570. The summed E-state index contributed by atoms with van der Waals surface area (Å²) >= 11 is 0. The van der Waals surface area contributed by atoms with E-state index in [1.165, 1.54) is 24.3 Å². The van der Waals surface area contributed by atoms with E-state index in [2.05, 4.69) is 16.0 Å². The fourth-order valence-electron chi connectivity index (χ4n) is 3.94. The molecule has 0 fully saturated rings. The summed E-state index contributed by atoms with van der Waals surface area (Å²) in [7, 11) is 0. The van der Waals surface area contributed by atoms with Crippen LogP contribution in [0, 0.1) is 5.92 Å². The first-order valence-electron chi connectivity index (χ1n) is 12.8. The molecular formula is C28H36N4O8. The second-order valence-electron chi connectivity index (χ2n) is 9.92. The second kappa shape index (κ2) is 15.2. The van der Waals surface area contributed by atoms with Gasteiger partial charge in [0.15, 0.2) is 0 Å². The molecule has 0 saturated carbocycles. The molecule has 12 nitrogen and oxygen atoms in total. The third-order valence-corrected chi connectivity index (χ3v) is 5.98. The number of carbonyl (C=O) groups is 5. The molecule has 0 heterocycles. The minimum absolute atomic E-state index is 0.0204. The van der Waals surface area contributed by atoms with Crippen molar-refractivity contribution in [2.45, 2.75) is 63.7 Å². The van der Waals surface area contributed by atoms with E-state index < -0.39 is 60.2 Å². The molecular weight excluding hydrogens is 520 g/mol. The van der Waals surface area contributed by atoms with Crippen LogP contribution in [0.1, 0.15) is 37.8 Å². The molecule has 40 heavy (non-hydrogen) atoms. The molecule has 0 spiro atoms. The molecule has 4 unspecified atom stereocenters. The first-order chi connectivity index (χ1) is 18.8. The molecule has 0 saturated heterocycles. The predicted molar refractivity (Wildman–Crippen MR) is 145 cm³/mol. The van der Waals surface area contributed by atoms with Gasteiger partial charge in [-0.25, -0.2) is 4.79 Å². The van der Waals surface area contributed by atoms with Gasteiger partial charge in [0.2, 0.25) is 17.7 Å². The Hall–Kier alpha value is -4.45. The molecule has 2 aromatic carbocycles. The zero-order chi connectivity index (χ0) is 29.8. The highest BCUT2D eigenvalue weighted by Gasteiger charge is 2.32. The SMILES string of the molecule is CC(C)CC(NC(=O)C(N)Cc1ccccc1)C(=O)NC(CC(=O)O)C(=O)NC(Cc1ccc(O)cc1)C(=O)O. The third-order valence-electron chi connectivity index (χ3n) is 5.98. The fourth-order valence-corrected chi connectivity index (χ4v) is 3.94. The molecule has 0 aliphatic carbocycles. The number of nitrogens with two attached hydrogens (primary N) is 1. The van der Waals surface area contributed by atoms with Crippen molar-refractivity contribution in [3.05, 3.63) is 65.7 Å². The molecule has 2 aromatic rings. The van der Waals surface area contributed by atoms with Crippen molar-refractivity contribution in [2.24, 2.45) is 11.7 Å². The molecule has 0 aromatic heterocycles. The summed E-state index contributed by atoms with van der Waals surface area (Å²) in [6, 6.07) is 9.62. The lowest BCUT2D eigenvalue weighted by molar-refractivity contribution is -0.143. The Labute approximate surface area is 232 Å². The second-order valence-corrected chi connectivity index (χ2v) is 9.92. The first kappa shape index (κ1) is 31.8. The largest absolute Gasteiger partial charge is 0.508 e. The van der Waals surface area contributed by atoms with E-state index in [1.807, 2.05) is 44.2 Å². The van der Waals surface area contributed by atoms with Crippen molar-refractivity contribution in [2.75, 3.05) is 0 Å². The van der Waals surface area contributed by atoms with Gasteiger partial charge in [-0.1, -0.05) is 56.3 Å². The van der Waals surface area contributed by atoms with Gasteiger partial charge < -0.3 is 37.0 Å². The quantitative estimate of drug-likeness (QED) is 0.163. The number of nitrogens with one attached hydrogen (secondary N) is 3. The standard InChI is InChI=1S/C28H36N4O8/c1-16(2)12-21(30-25(36)20(29)13-17-6-4-3-5-7-17)26(37)31-22(15-24(34)35)27(38)32-23(28(39)40)14-18-8-10-19(33)11-9-18/h3-11,16,20-23,33H,12-15,29H2,1-2H3,(H,30,36)(H,31,37)(H,32,38)(H,34,35)(H,39,40). The van der Waals surface area contributed by atoms with Crippen molar-refractivity contribution in [1.29, 1.82) is 0 Å². The number of aromatic hydroxyl groups is 1. The molecule has 0 aliphatic heterocycles. The fraction of sp³-hybridized carbons (Fsp3) is 0.393. The Kier molecular flexibility index (Phi) is 12.1. The van der Waals surface area contributed by atoms with Crippen LogP contribution in [0.25, 0.3) is 0 Å². The van der Waals surface area contributed by atoms with Gasteiger partial charge in [0, 0.05) is 6.42 Å². The molecule has 3 amide bonds. The third kappa shape index (κ3) is 10.7. The lowest BCUT2D eigenvalue weighted by atomic mass is 10.0. The number of phenolic OH excluding ortho intramolecular Hbond substituents is 1. The average molecular weight is 557 g/mol. The molecule has 2 rings (SSSR count). The molecule has 0 aliphatic rings. The topological polar surface area (TPSA) is 208 Å². The number of carboxylic acid groups (broad SMARTS) is 2. The number of amides is 3. The van der Waals surface area contributed by atoms with Crippen LogP contribution in [0.5, 0.6) is 5.75 Å². The van der Waals surface area contributed by atoms with E-state index in [0.717, 1.165) is 5.56 Å². The zero-order valence-electron chi connectivity index (χ0n) is 22.4. The van der Waals surface area contributed by atoms with Crippen LogP contribution in [0.4, 0.5) is 0 Å². The van der Waals surface area contributed by atoms with Crippen LogP contribution >= 0.6 is 0 Å². The highest BCUT2D eigenvalue weighted by molar-refractivity contribution is 5.95. The summed E-state index contributed by atoms with van der Waals surface area (Å²) in [5.41, 5.74) is 7.37. The highest BCUT2D eigenvalue weighted by atomic mass is 16.4. The van der Waals surface area contributed by atoms with Gasteiger partial charge in [0.25, 0.3) is 0 Å². The number of aliphatic carboxylic acids is 2. The summed E-state index contributed by atoms with van der Waals surface area (Å²) < 4.78 is 0. The molecule has 12 heteroatoms. The monoisotopic (exact) mass is 556 g/mol. The van der Waals surface area contributed by atoms with Crippen LogP contribution in [0.15, 0.2) is 54.6 Å². The van der Waals surface area contributed by atoms with Gasteiger partial charge in [0.1, 0.15) is 23.9 Å². The van der Waals surface area contributed by atoms with Crippen LogP contribution in [-0.4, -0.2) is 69.1 Å². The van der Waals surface area contributed by atoms with Crippen LogP contribution in [0.3, 0.4) is 0 Å². The van der Waals surface area contributed by atoms with Gasteiger partial charge >= 0.3 is 11.9 Å². The van der Waals surface area contributed by atoms with Gasteiger partial charge in [-0.2, -0.15) is 0 Å². The minimum Gasteiger partial charge on any atom is -0.508 e. The maximum absolute atomic E-state index is 13.2. The predicted octanol–water partition coefficient (Wildman–Crippen LogP) is 0.565. The summed E-state index contributed by atoms with van der Waals surface area (Å²) in [5, 5.41) is 35.6. The number of carbonyl (C=O) groups excluding carboxylic acids is 3. The maximum Gasteiger partial charge on any atom is 0.326 e. The number of rotatable bonds is 15. The summed E-state index contributed by atoms with van der Waals surface area (Å²) in [5.74, 6) is -5.27. The lowest BCUT2D eigenvalue weighted by Gasteiger charge is -2.25. The molecule has 0 bridgehead atoms. The van der Waals surface area contributed by atoms with Crippen molar-refractivity contribution in [3.63, 3.8) is 0 Å². The molecule has 0 radical (unpaired) electrons. The zero-order valence-corrected chi connectivity index (χ0v) is 22.4. The van der Waals surface area contributed by atoms with Crippen LogP contribution in [-0.2, 0) is 36.8 Å². The van der Waals surface area contributed by atoms with Gasteiger partial charge in [-0.15, -0.1) is 0 Å². The Morgan fingerprint density at radius 2 is 1.25 bits per heavy atom. The number of phenols is 1. The van der Waals surface area contributed by atoms with Crippen LogP contribution in [0.2, 0.25) is 0 Å². The van der Waals surface area contributed by atoms with Crippen LogP contribution < -0.4 is 21.7 Å². The van der Waals surface area contributed by atoms with E-state index in [-0.39, 0.29) is 30.9 Å². The summed E-state index contributed by atoms with van der Waals surface area (Å²) in [6.45, 7) is 3.64. The van der Waals surface area contributed by atoms with E-state index >= 15 is 0 Å². The van der Waals surface area contributed by atoms with Crippen molar-refractivity contribution in [3.8, 4) is 5.75 Å². The Balaban J connectivity index is 2.13. The van der Waals surface area contributed by atoms with Crippen molar-refractivity contribution >= 4 is 29.7 Å². The minimum atomic E-state index is -1.61. The first-order valence-corrected chi connectivity index (χ1v) is 12.8. The van der Waals surface area contributed by atoms with Crippen molar-refractivity contribution < 1.29 is 39.3 Å². The Bertz CT molecular complexity index is 1170. The smallest absolute Gasteiger partial charge is 0.326 e. The van der Waals surface area contributed by atoms with Gasteiger partial charge in [-0.3, -0.25) is 19.2 Å². The maximum atomic E-state index is 13.2. The average Bonchev–Trinajstić information content (AvgIpc) is 2.88. The van der Waals surface area contributed by atoms with Crippen molar-refractivity contribution in [1.82, 2.24) is 16.0 Å². The molecule has 216 valence electrons. The number of hydrogen-bond donors (Lipinski definition) is 7. The van der Waals surface area contributed by atoms with E-state index in [4.69, 9.17) is 5.73 Å². The number of carboxylic acids is 2. The molecule has 8 N–H and O–H groups in total. The normalized spacial score (nSPS) is 13.9. The Morgan fingerprint density at radius 1 is 0.725 bits per heavy atom. The number of hydrogen-bond acceptors (Lipinski definition) is 7. The van der Waals surface area contributed by atoms with E-state index in [1.54, 1.807) is 0 Å². The van der Waals surface area contributed by atoms with Gasteiger partial charge in [-0.05, 0) is 42.0 Å². The Morgan fingerprint density at radius 3 is 1.80 bits per heavy atom. The number of benzene rings is 2. The lowest BCUT2D eigenvalue weighted by Crippen LogP contribution is -2.58. The van der Waals surface area contributed by atoms with E-state index in [0.29, 0.717) is 5.56 Å². The van der Waals surface area contributed by atoms with Gasteiger partial charge in [0.05, 0.1) is 12.5 Å². The highest BCUT2D eigenvalue weighted by Crippen LogP contribution is 2.12. The summed E-state index contributed by atoms with van der Waals surface area (Å²) in [4.78, 5) is 62.2. The molecule has 4 atom stereocenters.